The van der Waals surface area contributed by atoms with Crippen LogP contribution in [0.5, 0.6) is 5.75 Å². The van der Waals surface area contributed by atoms with Crippen LogP contribution in [0.15, 0.2) is 57.7 Å². The van der Waals surface area contributed by atoms with Crippen LogP contribution in [0.4, 0.5) is 0 Å². The lowest BCUT2D eigenvalue weighted by Gasteiger charge is -2.29. The van der Waals surface area contributed by atoms with E-state index in [1.54, 1.807) is 23.1 Å². The quantitative estimate of drug-likeness (QED) is 0.638. The van der Waals surface area contributed by atoms with E-state index in [9.17, 15) is 9.59 Å². The Balaban J connectivity index is 1.59. The molecule has 3 heterocycles. The summed E-state index contributed by atoms with van der Waals surface area (Å²) in [6.45, 7) is 7.08. The first kappa shape index (κ1) is 20.7. The zero-order chi connectivity index (χ0) is 22.1. The van der Waals surface area contributed by atoms with Crippen molar-refractivity contribution in [2.75, 3.05) is 46.0 Å². The zero-order valence-electron chi connectivity index (χ0n) is 18.1. The number of quaternary nitrogens is 1. The molecule has 0 saturated carbocycles. The summed E-state index contributed by atoms with van der Waals surface area (Å²) in [7, 11) is 0. The summed E-state index contributed by atoms with van der Waals surface area (Å²) in [5, 5.41) is 0.491. The molecule has 2 aliphatic heterocycles. The first-order valence-corrected chi connectivity index (χ1v) is 11.2. The minimum absolute atomic E-state index is 0.150. The number of para-hydroxylation sites is 1. The lowest BCUT2D eigenvalue weighted by Crippen LogP contribution is -3.14. The zero-order valence-corrected chi connectivity index (χ0v) is 18.1. The number of ether oxygens (including phenoxy) is 2. The van der Waals surface area contributed by atoms with Gasteiger partial charge in [0.2, 0.25) is 5.76 Å². The second kappa shape index (κ2) is 8.76. The highest BCUT2D eigenvalue weighted by molar-refractivity contribution is 5.99. The van der Waals surface area contributed by atoms with E-state index in [1.165, 1.54) is 4.90 Å². The molecule has 0 radical (unpaired) electrons. The summed E-state index contributed by atoms with van der Waals surface area (Å²) in [4.78, 5) is 30.2. The SMILES string of the molecule is CCOc1cccc([C@@H]2c3c(oc4ccccc4c3=O)C(=O)N2CC[NH+]2CCOCC2)c1. The first-order valence-electron chi connectivity index (χ1n) is 11.2. The molecule has 32 heavy (non-hydrogen) atoms. The van der Waals surface area contributed by atoms with Crippen molar-refractivity contribution in [3.05, 3.63) is 75.6 Å². The molecule has 0 aliphatic carbocycles. The topological polar surface area (TPSA) is 73.4 Å². The minimum atomic E-state index is -0.501. The predicted octanol–water partition coefficient (Wildman–Crippen LogP) is 1.65. The number of fused-ring (bicyclic) bond motifs is 2. The molecule has 1 saturated heterocycles. The molecular formula is C25H27N2O5+. The van der Waals surface area contributed by atoms with Crippen LogP contribution in [0.2, 0.25) is 0 Å². The van der Waals surface area contributed by atoms with Crippen molar-refractivity contribution in [2.45, 2.75) is 13.0 Å². The highest BCUT2D eigenvalue weighted by Gasteiger charge is 2.43. The summed E-state index contributed by atoms with van der Waals surface area (Å²) in [6.07, 6.45) is 0. The molecule has 1 N–H and O–H groups in total. The van der Waals surface area contributed by atoms with Crippen LogP contribution < -0.4 is 15.1 Å². The molecule has 166 valence electrons. The Kier molecular flexibility index (Phi) is 5.68. The molecule has 1 atom stereocenters. The van der Waals surface area contributed by atoms with Gasteiger partial charge in [-0.15, -0.1) is 0 Å². The third kappa shape index (κ3) is 3.67. The standard InChI is InChI=1S/C25H26N2O5/c1-2-31-18-7-5-6-17(16-18)22-21-23(28)19-8-3-4-9-20(19)32-24(21)25(29)27(22)11-10-26-12-14-30-15-13-26/h3-9,16,22H,2,10-15H2,1H3/p+1/t22-/m1/s1. The second-order valence-corrected chi connectivity index (χ2v) is 8.19. The van der Waals surface area contributed by atoms with Gasteiger partial charge in [-0.3, -0.25) is 9.59 Å². The van der Waals surface area contributed by atoms with Crippen LogP contribution >= 0.6 is 0 Å². The second-order valence-electron chi connectivity index (χ2n) is 8.19. The third-order valence-electron chi connectivity index (χ3n) is 6.26. The number of benzene rings is 2. The van der Waals surface area contributed by atoms with Crippen molar-refractivity contribution in [3.63, 3.8) is 0 Å². The van der Waals surface area contributed by atoms with Gasteiger partial charge in [-0.25, -0.2) is 0 Å². The van der Waals surface area contributed by atoms with Gasteiger partial charge in [0.1, 0.15) is 24.4 Å². The molecule has 1 amide bonds. The van der Waals surface area contributed by atoms with Gasteiger partial charge < -0.3 is 23.7 Å². The maximum atomic E-state index is 13.5. The van der Waals surface area contributed by atoms with Crippen molar-refractivity contribution in [3.8, 4) is 5.75 Å². The maximum absolute atomic E-state index is 13.5. The van der Waals surface area contributed by atoms with E-state index >= 15 is 0 Å². The van der Waals surface area contributed by atoms with Gasteiger partial charge >= 0.3 is 0 Å². The molecule has 7 heteroatoms. The van der Waals surface area contributed by atoms with Gasteiger partial charge in [0, 0.05) is 0 Å². The highest BCUT2D eigenvalue weighted by Crippen LogP contribution is 2.38. The van der Waals surface area contributed by atoms with Crippen molar-refractivity contribution in [1.82, 2.24) is 4.90 Å². The van der Waals surface area contributed by atoms with Gasteiger partial charge in [-0.2, -0.15) is 0 Å². The fraction of sp³-hybridized carbons (Fsp3) is 0.360. The lowest BCUT2D eigenvalue weighted by molar-refractivity contribution is -0.907. The Morgan fingerprint density at radius 3 is 2.72 bits per heavy atom. The van der Waals surface area contributed by atoms with E-state index < -0.39 is 6.04 Å². The molecule has 3 aromatic rings. The molecular weight excluding hydrogens is 408 g/mol. The van der Waals surface area contributed by atoms with Crippen molar-refractivity contribution in [2.24, 2.45) is 0 Å². The Labute approximate surface area is 186 Å². The number of amides is 1. The van der Waals surface area contributed by atoms with Crippen LogP contribution in [-0.4, -0.2) is 56.8 Å². The normalized spacial score (nSPS) is 18.8. The predicted molar refractivity (Wildman–Crippen MR) is 119 cm³/mol. The molecule has 1 fully saturated rings. The lowest BCUT2D eigenvalue weighted by atomic mass is 9.98. The number of hydrogen-bond donors (Lipinski definition) is 1. The summed E-state index contributed by atoms with van der Waals surface area (Å²) >= 11 is 0. The molecule has 5 rings (SSSR count). The van der Waals surface area contributed by atoms with E-state index in [1.807, 2.05) is 37.3 Å². The van der Waals surface area contributed by atoms with Crippen molar-refractivity contribution in [1.29, 1.82) is 0 Å². The van der Waals surface area contributed by atoms with Crippen molar-refractivity contribution < 1.29 is 23.6 Å². The molecule has 0 bridgehead atoms. The van der Waals surface area contributed by atoms with Crippen LogP contribution in [0.1, 0.15) is 34.6 Å². The molecule has 2 aromatic carbocycles. The van der Waals surface area contributed by atoms with Crippen molar-refractivity contribution >= 4 is 16.9 Å². The van der Waals surface area contributed by atoms with Crippen LogP contribution in [0, 0.1) is 0 Å². The fourth-order valence-electron chi connectivity index (χ4n) is 4.67. The highest BCUT2D eigenvalue weighted by atomic mass is 16.5. The Morgan fingerprint density at radius 1 is 1.09 bits per heavy atom. The number of carbonyl (C=O) groups excluding carboxylic acids is 1. The summed E-state index contributed by atoms with van der Waals surface area (Å²) in [6, 6.07) is 14.2. The maximum Gasteiger partial charge on any atom is 0.291 e. The minimum Gasteiger partial charge on any atom is -0.494 e. The van der Waals surface area contributed by atoms with E-state index in [0.717, 1.165) is 44.2 Å². The Morgan fingerprint density at radius 2 is 1.91 bits per heavy atom. The largest absolute Gasteiger partial charge is 0.494 e. The Hall–Kier alpha value is -3.16. The molecule has 2 aliphatic rings. The fourth-order valence-corrected chi connectivity index (χ4v) is 4.67. The average Bonchev–Trinajstić information content (AvgIpc) is 3.11. The monoisotopic (exact) mass is 435 g/mol. The van der Waals surface area contributed by atoms with Crippen LogP contribution in [-0.2, 0) is 4.74 Å². The van der Waals surface area contributed by atoms with Crippen LogP contribution in [0.3, 0.4) is 0 Å². The smallest absolute Gasteiger partial charge is 0.291 e. The first-order chi connectivity index (χ1) is 15.7. The molecule has 7 nitrogen and oxygen atoms in total. The van der Waals surface area contributed by atoms with E-state index in [-0.39, 0.29) is 17.1 Å². The van der Waals surface area contributed by atoms with E-state index in [2.05, 4.69) is 0 Å². The molecule has 0 unspecified atom stereocenters. The van der Waals surface area contributed by atoms with Gasteiger partial charge in [0.15, 0.2) is 5.43 Å². The third-order valence-corrected chi connectivity index (χ3v) is 6.26. The number of carbonyl (C=O) groups is 1. The molecule has 1 aromatic heterocycles. The Bertz CT molecular complexity index is 1200. The number of morpholine rings is 1. The van der Waals surface area contributed by atoms with E-state index in [0.29, 0.717) is 29.7 Å². The number of rotatable bonds is 6. The summed E-state index contributed by atoms with van der Waals surface area (Å²) in [5.41, 5.74) is 1.55. The number of hydrogen-bond acceptors (Lipinski definition) is 5. The van der Waals surface area contributed by atoms with Crippen LogP contribution in [0.25, 0.3) is 11.0 Å². The van der Waals surface area contributed by atoms with Gasteiger partial charge in [-0.05, 0) is 36.8 Å². The van der Waals surface area contributed by atoms with Gasteiger partial charge in [-0.1, -0.05) is 24.3 Å². The number of nitrogens with zero attached hydrogens (tertiary/aromatic N) is 1. The molecule has 0 spiro atoms. The van der Waals surface area contributed by atoms with E-state index in [4.69, 9.17) is 13.9 Å². The summed E-state index contributed by atoms with van der Waals surface area (Å²) in [5.74, 6) is 0.634. The van der Waals surface area contributed by atoms with Gasteiger partial charge in [0.05, 0.1) is 49.9 Å². The summed E-state index contributed by atoms with van der Waals surface area (Å²) < 4.78 is 17.1. The van der Waals surface area contributed by atoms with Gasteiger partial charge in [0.25, 0.3) is 5.91 Å². The number of nitrogens with one attached hydrogen (secondary N) is 1. The average molecular weight is 436 g/mol.